The summed E-state index contributed by atoms with van der Waals surface area (Å²) in [6, 6.07) is 16.6. The number of aryl methyl sites for hydroxylation is 1. The van der Waals surface area contributed by atoms with Gasteiger partial charge in [-0.2, -0.15) is 0 Å². The van der Waals surface area contributed by atoms with Crippen molar-refractivity contribution >= 4 is 68.4 Å². The molecule has 5 nitrogen and oxygen atoms in total. The van der Waals surface area contributed by atoms with Crippen LogP contribution in [0.25, 0.3) is 11.8 Å². The molecule has 1 N–H and O–H groups in total. The van der Waals surface area contributed by atoms with E-state index in [4.69, 9.17) is 23.8 Å². The third-order valence-electron chi connectivity index (χ3n) is 5.02. The van der Waals surface area contributed by atoms with Crippen molar-refractivity contribution in [2.75, 3.05) is 4.90 Å². The first-order chi connectivity index (χ1) is 14.8. The van der Waals surface area contributed by atoms with Crippen LogP contribution in [0.15, 0.2) is 64.6 Å². The summed E-state index contributed by atoms with van der Waals surface area (Å²) in [7, 11) is 0. The van der Waals surface area contributed by atoms with Crippen LogP contribution >= 0.6 is 39.7 Å². The molecule has 1 fully saturated rings. The topological polar surface area (TPSA) is 54.3 Å². The fourth-order valence-electron chi connectivity index (χ4n) is 3.58. The van der Waals surface area contributed by atoms with Crippen molar-refractivity contribution < 1.29 is 9.59 Å². The first-order valence-corrected chi connectivity index (χ1v) is 11.0. The summed E-state index contributed by atoms with van der Waals surface area (Å²) in [6.45, 7) is 3.93. The van der Waals surface area contributed by atoms with Crippen LogP contribution in [-0.4, -0.2) is 21.5 Å². The number of anilines is 1. The molecule has 1 aliphatic rings. The number of hydrogen-bond acceptors (Lipinski definition) is 3. The van der Waals surface area contributed by atoms with Gasteiger partial charge in [0.15, 0.2) is 5.11 Å². The Bertz CT molecular complexity index is 1260. The lowest BCUT2D eigenvalue weighted by molar-refractivity contribution is -0.122. The fraction of sp³-hybridized carbons (Fsp3) is 0.0870. The standard InChI is InChI=1S/C23H17BrClN3O2S/c1-13-10-15(14(2)27(13)18-8-6-16(24)7-9-18)11-20-21(29)26-23(31)28(22(20)30)19-5-3-4-17(25)12-19/h3-12H,1-2H3,(H,26,29,31)/b20-11+. The smallest absolute Gasteiger partial charge is 0.270 e. The second kappa shape index (κ2) is 8.42. The van der Waals surface area contributed by atoms with E-state index < -0.39 is 11.8 Å². The number of carbonyl (C=O) groups excluding carboxylic acids is 2. The Hall–Kier alpha value is -2.74. The van der Waals surface area contributed by atoms with Crippen molar-refractivity contribution in [1.82, 2.24) is 9.88 Å². The second-order valence-corrected chi connectivity index (χ2v) is 8.81. The molecule has 156 valence electrons. The summed E-state index contributed by atoms with van der Waals surface area (Å²) in [5.74, 6) is -1.02. The average Bonchev–Trinajstić information content (AvgIpc) is 2.99. The molecule has 0 spiro atoms. The molecule has 2 amide bonds. The van der Waals surface area contributed by atoms with Crippen LogP contribution in [0.1, 0.15) is 17.0 Å². The third-order valence-corrected chi connectivity index (χ3v) is 6.07. The quantitative estimate of drug-likeness (QED) is 0.292. The minimum absolute atomic E-state index is 0.00429. The molecule has 0 saturated carbocycles. The normalized spacial score (nSPS) is 15.5. The van der Waals surface area contributed by atoms with Crippen molar-refractivity contribution in [3.05, 3.63) is 86.6 Å². The van der Waals surface area contributed by atoms with Gasteiger partial charge in [0.05, 0.1) is 5.69 Å². The average molecular weight is 515 g/mol. The summed E-state index contributed by atoms with van der Waals surface area (Å²) in [6.07, 6.45) is 1.61. The first kappa shape index (κ1) is 21.5. The lowest BCUT2D eigenvalue weighted by atomic mass is 10.1. The molecule has 31 heavy (non-hydrogen) atoms. The van der Waals surface area contributed by atoms with Crippen LogP contribution in [0.5, 0.6) is 0 Å². The zero-order valence-electron chi connectivity index (χ0n) is 16.6. The van der Waals surface area contributed by atoms with Gasteiger partial charge in [-0.1, -0.05) is 33.6 Å². The maximum Gasteiger partial charge on any atom is 0.270 e. The largest absolute Gasteiger partial charge is 0.318 e. The molecule has 0 atom stereocenters. The van der Waals surface area contributed by atoms with E-state index in [0.29, 0.717) is 10.7 Å². The molecular weight excluding hydrogens is 498 g/mol. The van der Waals surface area contributed by atoms with Gasteiger partial charge < -0.3 is 4.57 Å². The fourth-order valence-corrected chi connectivity index (χ4v) is 4.31. The van der Waals surface area contributed by atoms with Gasteiger partial charge >= 0.3 is 0 Å². The Labute approximate surface area is 198 Å². The molecule has 3 aromatic rings. The number of carbonyl (C=O) groups is 2. The minimum Gasteiger partial charge on any atom is -0.318 e. The maximum atomic E-state index is 13.2. The Morgan fingerprint density at radius 2 is 1.74 bits per heavy atom. The van der Waals surface area contributed by atoms with Crippen LogP contribution < -0.4 is 10.2 Å². The molecule has 8 heteroatoms. The Morgan fingerprint density at radius 1 is 1.03 bits per heavy atom. The number of halogens is 2. The van der Waals surface area contributed by atoms with Crippen LogP contribution in [0.2, 0.25) is 5.02 Å². The molecule has 2 heterocycles. The summed E-state index contributed by atoms with van der Waals surface area (Å²) < 4.78 is 3.06. The Balaban J connectivity index is 1.76. The number of benzene rings is 2. The lowest BCUT2D eigenvalue weighted by Crippen LogP contribution is -2.54. The van der Waals surface area contributed by atoms with Crippen molar-refractivity contribution in [1.29, 1.82) is 0 Å². The van der Waals surface area contributed by atoms with E-state index in [0.717, 1.165) is 27.1 Å². The van der Waals surface area contributed by atoms with Gasteiger partial charge in [0.1, 0.15) is 5.57 Å². The second-order valence-electron chi connectivity index (χ2n) is 7.08. The van der Waals surface area contributed by atoms with Crippen LogP contribution in [0, 0.1) is 13.8 Å². The maximum absolute atomic E-state index is 13.2. The summed E-state index contributed by atoms with van der Waals surface area (Å²) >= 11 is 14.8. The minimum atomic E-state index is -0.526. The molecule has 4 rings (SSSR count). The van der Waals surface area contributed by atoms with E-state index in [9.17, 15) is 9.59 Å². The van der Waals surface area contributed by atoms with Crippen molar-refractivity contribution in [2.45, 2.75) is 13.8 Å². The number of rotatable bonds is 3. The predicted octanol–water partition coefficient (Wildman–Crippen LogP) is 5.34. The molecular formula is C23H17BrClN3O2S. The molecule has 1 aliphatic heterocycles. The highest BCUT2D eigenvalue weighted by molar-refractivity contribution is 9.10. The highest BCUT2D eigenvalue weighted by Gasteiger charge is 2.34. The summed E-state index contributed by atoms with van der Waals surface area (Å²) in [5.41, 5.74) is 4.16. The first-order valence-electron chi connectivity index (χ1n) is 9.38. The highest BCUT2D eigenvalue weighted by atomic mass is 79.9. The number of nitrogens with zero attached hydrogens (tertiary/aromatic N) is 2. The van der Waals surface area contributed by atoms with Gasteiger partial charge in [0.2, 0.25) is 0 Å². The summed E-state index contributed by atoms with van der Waals surface area (Å²) in [5, 5.41) is 3.09. The van der Waals surface area contributed by atoms with Crippen LogP contribution in [0.3, 0.4) is 0 Å². The van der Waals surface area contributed by atoms with Crippen molar-refractivity contribution in [3.63, 3.8) is 0 Å². The highest BCUT2D eigenvalue weighted by Crippen LogP contribution is 2.27. The molecule has 0 bridgehead atoms. The molecule has 1 aromatic heterocycles. The zero-order chi connectivity index (χ0) is 22.3. The number of thiocarbonyl (C=S) groups is 1. The van der Waals surface area contributed by atoms with Crippen LogP contribution in [-0.2, 0) is 9.59 Å². The number of aromatic nitrogens is 1. The monoisotopic (exact) mass is 513 g/mol. The van der Waals surface area contributed by atoms with Gasteiger partial charge in [-0.15, -0.1) is 0 Å². The van der Waals surface area contributed by atoms with Gasteiger partial charge in [0, 0.05) is 26.6 Å². The van der Waals surface area contributed by atoms with E-state index in [-0.39, 0.29) is 10.7 Å². The van der Waals surface area contributed by atoms with Gasteiger partial charge in [-0.05, 0) is 86.2 Å². The zero-order valence-corrected chi connectivity index (χ0v) is 19.8. The number of amides is 2. The van der Waals surface area contributed by atoms with E-state index in [2.05, 4.69) is 25.8 Å². The van der Waals surface area contributed by atoms with E-state index >= 15 is 0 Å². The molecule has 2 aromatic carbocycles. The molecule has 0 radical (unpaired) electrons. The Kier molecular flexibility index (Phi) is 5.83. The van der Waals surface area contributed by atoms with E-state index in [1.54, 1.807) is 30.3 Å². The molecule has 0 unspecified atom stereocenters. The number of hydrogen-bond donors (Lipinski definition) is 1. The van der Waals surface area contributed by atoms with Crippen molar-refractivity contribution in [2.24, 2.45) is 0 Å². The van der Waals surface area contributed by atoms with Crippen molar-refractivity contribution in [3.8, 4) is 5.69 Å². The van der Waals surface area contributed by atoms with Crippen LogP contribution in [0.4, 0.5) is 5.69 Å². The molecule has 1 saturated heterocycles. The van der Waals surface area contributed by atoms with Gasteiger partial charge in [0.25, 0.3) is 11.8 Å². The third kappa shape index (κ3) is 4.08. The lowest BCUT2D eigenvalue weighted by Gasteiger charge is -2.29. The predicted molar refractivity (Wildman–Crippen MR) is 131 cm³/mol. The Morgan fingerprint density at radius 3 is 2.42 bits per heavy atom. The SMILES string of the molecule is Cc1cc(/C=C2\C(=O)NC(=S)N(c3cccc(Cl)c3)C2=O)c(C)n1-c1ccc(Br)cc1. The molecule has 0 aliphatic carbocycles. The number of nitrogens with one attached hydrogen (secondary N) is 1. The summed E-state index contributed by atoms with van der Waals surface area (Å²) in [4.78, 5) is 27.1. The van der Waals surface area contributed by atoms with E-state index in [1.165, 1.54) is 4.90 Å². The van der Waals surface area contributed by atoms with E-state index in [1.807, 2.05) is 44.2 Å². The van der Waals surface area contributed by atoms with Gasteiger partial charge in [-0.25, -0.2) is 0 Å². The van der Waals surface area contributed by atoms with Gasteiger partial charge in [-0.3, -0.25) is 19.8 Å².